The third-order valence-electron chi connectivity index (χ3n) is 10.7. The molecular weight excluding hydrogens is 697 g/mol. The number of hydrogen-bond acceptors (Lipinski definition) is 6. The lowest BCUT2D eigenvalue weighted by molar-refractivity contribution is -0.167. The molecule has 328 valence electrons. The highest BCUT2D eigenvalue weighted by Gasteiger charge is 2.19. The quantitative estimate of drug-likeness (QED) is 0.0265. The maximum absolute atomic E-state index is 12.7. The van der Waals surface area contributed by atoms with Crippen LogP contribution in [0.1, 0.15) is 258 Å². The fourth-order valence-electron chi connectivity index (χ4n) is 6.97. The first-order valence-corrected chi connectivity index (χ1v) is 24.3. The van der Waals surface area contributed by atoms with Gasteiger partial charge in [0, 0.05) is 19.3 Å². The number of carbonyl (C=O) groups is 3. The van der Waals surface area contributed by atoms with Gasteiger partial charge in [0.25, 0.3) is 0 Å². The summed E-state index contributed by atoms with van der Waals surface area (Å²) in [6.07, 6.45) is 50.2. The smallest absolute Gasteiger partial charge is 0.306 e. The van der Waals surface area contributed by atoms with E-state index in [0.29, 0.717) is 19.3 Å². The summed E-state index contributed by atoms with van der Waals surface area (Å²) < 4.78 is 16.7. The van der Waals surface area contributed by atoms with Crippen molar-refractivity contribution >= 4 is 17.9 Å². The lowest BCUT2D eigenvalue weighted by Gasteiger charge is -2.18. The number of esters is 3. The molecule has 56 heavy (non-hydrogen) atoms. The molecule has 0 fully saturated rings. The van der Waals surface area contributed by atoms with E-state index in [9.17, 15) is 14.4 Å². The van der Waals surface area contributed by atoms with E-state index < -0.39 is 6.10 Å². The second kappa shape index (κ2) is 45.6. The van der Waals surface area contributed by atoms with Gasteiger partial charge in [-0.3, -0.25) is 14.4 Å². The first-order valence-electron chi connectivity index (χ1n) is 24.3. The fraction of sp³-hybridized carbons (Fsp3) is 0.860. The summed E-state index contributed by atoms with van der Waals surface area (Å²) in [6, 6.07) is 0. The van der Waals surface area contributed by atoms with E-state index in [1.54, 1.807) is 0 Å². The summed E-state index contributed by atoms with van der Waals surface area (Å²) in [5.74, 6) is -0.886. The standard InChI is InChI=1S/C50H92O6/c1-4-7-10-13-16-19-22-24-25-26-27-29-31-34-37-40-43-49(52)55-46-47(45-54-48(51)42-39-36-33-30-21-18-15-12-9-6-3)56-50(53)44-41-38-35-32-28-23-20-17-14-11-8-5-2/h12,15,17,20,47H,4-11,13-14,16,18-19,21-46H2,1-3H3/b15-12-,20-17-. The normalized spacial score (nSPS) is 12.1. The highest BCUT2D eigenvalue weighted by atomic mass is 16.6. The Morgan fingerprint density at radius 1 is 0.339 bits per heavy atom. The van der Waals surface area contributed by atoms with E-state index in [2.05, 4.69) is 45.1 Å². The molecule has 0 radical (unpaired) electrons. The molecule has 0 aliphatic heterocycles. The molecule has 1 atom stereocenters. The van der Waals surface area contributed by atoms with Crippen LogP contribution < -0.4 is 0 Å². The van der Waals surface area contributed by atoms with Crippen LogP contribution >= 0.6 is 0 Å². The number of unbranched alkanes of at least 4 members (excludes halogenated alkanes) is 29. The molecule has 0 amide bonds. The number of hydrogen-bond donors (Lipinski definition) is 0. The van der Waals surface area contributed by atoms with Crippen LogP contribution in [-0.4, -0.2) is 37.2 Å². The van der Waals surface area contributed by atoms with Gasteiger partial charge in [0.2, 0.25) is 0 Å². The van der Waals surface area contributed by atoms with Crippen molar-refractivity contribution in [2.75, 3.05) is 13.2 Å². The summed E-state index contributed by atoms with van der Waals surface area (Å²) in [7, 11) is 0. The highest BCUT2D eigenvalue weighted by molar-refractivity contribution is 5.71. The zero-order valence-corrected chi connectivity index (χ0v) is 37.4. The van der Waals surface area contributed by atoms with Crippen LogP contribution in [0.5, 0.6) is 0 Å². The van der Waals surface area contributed by atoms with Crippen LogP contribution in [0.2, 0.25) is 0 Å². The van der Waals surface area contributed by atoms with Crippen molar-refractivity contribution in [1.29, 1.82) is 0 Å². The molecule has 0 aliphatic rings. The summed E-state index contributed by atoms with van der Waals surface area (Å²) in [5.41, 5.74) is 0. The number of ether oxygens (including phenoxy) is 3. The predicted octanol–water partition coefficient (Wildman–Crippen LogP) is 15.6. The first kappa shape index (κ1) is 53.9. The maximum atomic E-state index is 12.7. The van der Waals surface area contributed by atoms with Crippen LogP contribution in [0, 0.1) is 0 Å². The monoisotopic (exact) mass is 789 g/mol. The first-order chi connectivity index (χ1) is 27.5. The Balaban J connectivity index is 4.31. The van der Waals surface area contributed by atoms with Gasteiger partial charge in [0.1, 0.15) is 13.2 Å². The van der Waals surface area contributed by atoms with Crippen molar-refractivity contribution in [2.45, 2.75) is 264 Å². The topological polar surface area (TPSA) is 78.9 Å². The molecule has 0 aromatic heterocycles. The van der Waals surface area contributed by atoms with Crippen LogP contribution in [0.4, 0.5) is 0 Å². The van der Waals surface area contributed by atoms with Crippen LogP contribution in [-0.2, 0) is 28.6 Å². The number of allylic oxidation sites excluding steroid dienone is 4. The molecule has 0 saturated heterocycles. The van der Waals surface area contributed by atoms with Gasteiger partial charge in [-0.2, -0.15) is 0 Å². The fourth-order valence-corrected chi connectivity index (χ4v) is 6.97. The molecule has 1 unspecified atom stereocenters. The summed E-state index contributed by atoms with van der Waals surface area (Å²) >= 11 is 0. The zero-order chi connectivity index (χ0) is 40.8. The second-order valence-electron chi connectivity index (χ2n) is 16.4. The Kier molecular flexibility index (Phi) is 43.9. The van der Waals surface area contributed by atoms with Gasteiger partial charge in [-0.25, -0.2) is 0 Å². The van der Waals surface area contributed by atoms with E-state index in [-0.39, 0.29) is 31.1 Å². The van der Waals surface area contributed by atoms with Gasteiger partial charge >= 0.3 is 17.9 Å². The van der Waals surface area contributed by atoms with Crippen molar-refractivity contribution in [2.24, 2.45) is 0 Å². The Hall–Kier alpha value is -2.11. The molecule has 0 heterocycles. The van der Waals surface area contributed by atoms with Crippen molar-refractivity contribution in [3.8, 4) is 0 Å². The predicted molar refractivity (Wildman–Crippen MR) is 238 cm³/mol. The van der Waals surface area contributed by atoms with Crippen LogP contribution in [0.15, 0.2) is 24.3 Å². The second-order valence-corrected chi connectivity index (χ2v) is 16.4. The molecule has 0 aromatic carbocycles. The zero-order valence-electron chi connectivity index (χ0n) is 37.4. The Morgan fingerprint density at radius 2 is 0.625 bits per heavy atom. The minimum Gasteiger partial charge on any atom is -0.462 e. The van der Waals surface area contributed by atoms with Crippen molar-refractivity contribution in [1.82, 2.24) is 0 Å². The molecule has 0 aliphatic carbocycles. The van der Waals surface area contributed by atoms with Crippen molar-refractivity contribution in [3.63, 3.8) is 0 Å². The molecule has 0 aromatic rings. The average Bonchev–Trinajstić information content (AvgIpc) is 3.19. The van der Waals surface area contributed by atoms with Gasteiger partial charge in [-0.05, 0) is 64.2 Å². The maximum Gasteiger partial charge on any atom is 0.306 e. The lowest BCUT2D eigenvalue weighted by atomic mass is 10.0. The van der Waals surface area contributed by atoms with E-state index >= 15 is 0 Å². The van der Waals surface area contributed by atoms with Gasteiger partial charge < -0.3 is 14.2 Å². The molecule has 0 saturated carbocycles. The van der Waals surface area contributed by atoms with Crippen LogP contribution in [0.25, 0.3) is 0 Å². The highest BCUT2D eigenvalue weighted by Crippen LogP contribution is 2.15. The molecule has 0 bridgehead atoms. The Labute approximate surface area is 347 Å². The number of carbonyl (C=O) groups excluding carboxylic acids is 3. The van der Waals surface area contributed by atoms with E-state index in [1.165, 1.54) is 141 Å². The Morgan fingerprint density at radius 3 is 1.00 bits per heavy atom. The SMILES string of the molecule is CCC/C=C\CCCCCCCC(=O)OCC(COC(=O)CCCCCCCCCCCCCCCCCC)OC(=O)CCCCCCC/C=C\CCCCC. The summed E-state index contributed by atoms with van der Waals surface area (Å²) in [5, 5.41) is 0. The van der Waals surface area contributed by atoms with Gasteiger partial charge in [0.15, 0.2) is 6.10 Å². The minimum absolute atomic E-state index is 0.0740. The third kappa shape index (κ3) is 43.0. The summed E-state index contributed by atoms with van der Waals surface area (Å²) in [4.78, 5) is 37.8. The molecule has 6 heteroatoms. The molecule has 0 N–H and O–H groups in total. The molecular formula is C50H92O6. The van der Waals surface area contributed by atoms with Crippen molar-refractivity contribution in [3.05, 3.63) is 24.3 Å². The van der Waals surface area contributed by atoms with Gasteiger partial charge in [0.05, 0.1) is 0 Å². The van der Waals surface area contributed by atoms with Gasteiger partial charge in [-0.1, -0.05) is 199 Å². The van der Waals surface area contributed by atoms with Crippen molar-refractivity contribution < 1.29 is 28.6 Å². The average molecular weight is 789 g/mol. The lowest BCUT2D eigenvalue weighted by Crippen LogP contribution is -2.30. The van der Waals surface area contributed by atoms with E-state index in [4.69, 9.17) is 14.2 Å². The molecule has 0 rings (SSSR count). The Bertz CT molecular complexity index is 911. The molecule has 0 spiro atoms. The van der Waals surface area contributed by atoms with Crippen LogP contribution in [0.3, 0.4) is 0 Å². The molecule has 6 nitrogen and oxygen atoms in total. The van der Waals surface area contributed by atoms with E-state index in [1.807, 2.05) is 0 Å². The minimum atomic E-state index is -0.772. The summed E-state index contributed by atoms with van der Waals surface area (Å²) in [6.45, 7) is 6.55. The van der Waals surface area contributed by atoms with E-state index in [0.717, 1.165) is 77.0 Å². The van der Waals surface area contributed by atoms with Gasteiger partial charge in [-0.15, -0.1) is 0 Å². The third-order valence-corrected chi connectivity index (χ3v) is 10.7. The largest absolute Gasteiger partial charge is 0.462 e. The number of rotatable bonds is 44.